The van der Waals surface area contributed by atoms with Crippen LogP contribution >= 0.6 is 0 Å². The first-order valence-electron chi connectivity index (χ1n) is 7.28. The van der Waals surface area contributed by atoms with Crippen LogP contribution in [0.15, 0.2) is 24.3 Å². The summed E-state index contributed by atoms with van der Waals surface area (Å²) in [5.74, 6) is 0.919. The van der Waals surface area contributed by atoms with Gasteiger partial charge in [-0.15, -0.1) is 0 Å². The second kappa shape index (κ2) is 10.8. The van der Waals surface area contributed by atoms with E-state index in [2.05, 4.69) is 24.4 Å². The second-order valence-electron chi connectivity index (χ2n) is 4.73. The summed E-state index contributed by atoms with van der Waals surface area (Å²) in [4.78, 5) is 0. The maximum Gasteiger partial charge on any atom is 0.119 e. The minimum absolute atomic E-state index is 0.602. The summed E-state index contributed by atoms with van der Waals surface area (Å²) in [6.45, 7) is 5.47. The van der Waals surface area contributed by atoms with E-state index in [-0.39, 0.29) is 0 Å². The average molecular weight is 265 g/mol. The lowest BCUT2D eigenvalue weighted by molar-refractivity contribution is 0.146. The molecule has 0 aromatic heterocycles. The van der Waals surface area contributed by atoms with Crippen molar-refractivity contribution < 1.29 is 9.47 Å². The number of methoxy groups -OCH3 is 1. The number of benzene rings is 1. The minimum atomic E-state index is 0.602. The van der Waals surface area contributed by atoms with Gasteiger partial charge in [-0.25, -0.2) is 0 Å². The quantitative estimate of drug-likeness (QED) is 0.622. The van der Waals surface area contributed by atoms with Gasteiger partial charge >= 0.3 is 0 Å². The molecule has 0 radical (unpaired) electrons. The van der Waals surface area contributed by atoms with Gasteiger partial charge in [0.25, 0.3) is 0 Å². The molecule has 0 saturated carbocycles. The Morgan fingerprint density at radius 2 is 2.00 bits per heavy atom. The van der Waals surface area contributed by atoms with Crippen LogP contribution in [0.2, 0.25) is 0 Å². The normalized spacial score (nSPS) is 10.6. The summed E-state index contributed by atoms with van der Waals surface area (Å²) < 4.78 is 10.6. The van der Waals surface area contributed by atoms with Gasteiger partial charge < -0.3 is 14.8 Å². The summed E-state index contributed by atoms with van der Waals surface area (Å²) in [5.41, 5.74) is 1.27. The maximum atomic E-state index is 5.59. The molecule has 0 spiro atoms. The molecule has 3 heteroatoms. The van der Waals surface area contributed by atoms with Crippen LogP contribution in [0.25, 0.3) is 0 Å². The van der Waals surface area contributed by atoms with Crippen molar-refractivity contribution in [2.75, 3.05) is 26.9 Å². The molecule has 108 valence electrons. The molecule has 0 heterocycles. The Bertz CT molecular complexity index is 328. The zero-order valence-electron chi connectivity index (χ0n) is 12.3. The molecular formula is C16H27NO2. The number of hydrogen-bond donors (Lipinski definition) is 1. The molecule has 0 unspecified atom stereocenters. The third-order valence-electron chi connectivity index (χ3n) is 2.99. The van der Waals surface area contributed by atoms with Crippen molar-refractivity contribution in [1.29, 1.82) is 0 Å². The number of ether oxygens (including phenoxy) is 2. The zero-order chi connectivity index (χ0) is 13.8. The standard InChI is InChI=1S/C16H27NO2/c1-3-4-5-6-10-17-14-15-8-7-9-16(13-15)19-12-11-18-2/h7-9,13,17H,3-6,10-12,14H2,1-2H3. The molecule has 0 atom stereocenters. The van der Waals surface area contributed by atoms with Crippen LogP contribution < -0.4 is 10.1 Å². The number of rotatable bonds is 11. The topological polar surface area (TPSA) is 30.5 Å². The third-order valence-corrected chi connectivity index (χ3v) is 2.99. The van der Waals surface area contributed by atoms with E-state index in [1.807, 2.05) is 12.1 Å². The molecule has 0 aliphatic carbocycles. The molecule has 0 fully saturated rings. The van der Waals surface area contributed by atoms with Gasteiger partial charge in [-0.3, -0.25) is 0 Å². The highest BCUT2D eigenvalue weighted by Gasteiger charge is 1.97. The molecule has 0 amide bonds. The molecule has 19 heavy (non-hydrogen) atoms. The Hall–Kier alpha value is -1.06. The molecule has 1 aromatic carbocycles. The Balaban J connectivity index is 2.20. The maximum absolute atomic E-state index is 5.59. The molecule has 0 saturated heterocycles. The van der Waals surface area contributed by atoms with Crippen molar-refractivity contribution in [1.82, 2.24) is 5.32 Å². The van der Waals surface area contributed by atoms with Crippen molar-refractivity contribution >= 4 is 0 Å². The molecule has 0 bridgehead atoms. The van der Waals surface area contributed by atoms with E-state index >= 15 is 0 Å². The summed E-state index contributed by atoms with van der Waals surface area (Å²) in [6.07, 6.45) is 5.22. The lowest BCUT2D eigenvalue weighted by Crippen LogP contribution is -2.14. The van der Waals surface area contributed by atoms with Crippen LogP contribution in [0.5, 0.6) is 5.75 Å². The predicted molar refractivity (Wildman–Crippen MR) is 79.7 cm³/mol. The Morgan fingerprint density at radius 3 is 2.79 bits per heavy atom. The first-order chi connectivity index (χ1) is 9.36. The van der Waals surface area contributed by atoms with Crippen LogP contribution in [0.1, 0.15) is 38.2 Å². The molecule has 1 aromatic rings. The van der Waals surface area contributed by atoms with Gasteiger partial charge in [0.05, 0.1) is 6.61 Å². The smallest absolute Gasteiger partial charge is 0.119 e. The van der Waals surface area contributed by atoms with E-state index in [0.29, 0.717) is 13.2 Å². The fraction of sp³-hybridized carbons (Fsp3) is 0.625. The summed E-state index contributed by atoms with van der Waals surface area (Å²) in [5, 5.41) is 3.47. The molecule has 1 rings (SSSR count). The minimum Gasteiger partial charge on any atom is -0.491 e. The van der Waals surface area contributed by atoms with Gasteiger partial charge in [0.1, 0.15) is 12.4 Å². The van der Waals surface area contributed by atoms with E-state index in [1.165, 1.54) is 31.2 Å². The number of unbranched alkanes of at least 4 members (excludes halogenated alkanes) is 3. The third kappa shape index (κ3) is 7.85. The predicted octanol–water partition coefficient (Wildman–Crippen LogP) is 3.38. The van der Waals surface area contributed by atoms with Crippen LogP contribution in [-0.2, 0) is 11.3 Å². The van der Waals surface area contributed by atoms with Crippen molar-refractivity contribution in [3.8, 4) is 5.75 Å². The van der Waals surface area contributed by atoms with Crippen LogP contribution in [0.3, 0.4) is 0 Å². The highest BCUT2D eigenvalue weighted by molar-refractivity contribution is 5.28. The van der Waals surface area contributed by atoms with Crippen LogP contribution in [0, 0.1) is 0 Å². The first-order valence-corrected chi connectivity index (χ1v) is 7.28. The average Bonchev–Trinajstić information content (AvgIpc) is 2.43. The molecule has 3 nitrogen and oxygen atoms in total. The van der Waals surface area contributed by atoms with Crippen molar-refractivity contribution in [3.63, 3.8) is 0 Å². The van der Waals surface area contributed by atoms with Crippen molar-refractivity contribution in [2.45, 2.75) is 39.2 Å². The second-order valence-corrected chi connectivity index (χ2v) is 4.73. The van der Waals surface area contributed by atoms with Crippen molar-refractivity contribution in [2.24, 2.45) is 0 Å². The molecule has 0 aliphatic heterocycles. The highest BCUT2D eigenvalue weighted by Crippen LogP contribution is 2.13. The van der Waals surface area contributed by atoms with E-state index in [4.69, 9.17) is 9.47 Å². The van der Waals surface area contributed by atoms with Gasteiger partial charge in [0.2, 0.25) is 0 Å². The molecular weight excluding hydrogens is 238 g/mol. The van der Waals surface area contributed by atoms with Gasteiger partial charge in [-0.1, -0.05) is 38.3 Å². The van der Waals surface area contributed by atoms with E-state index in [1.54, 1.807) is 7.11 Å². The van der Waals surface area contributed by atoms with E-state index in [9.17, 15) is 0 Å². The zero-order valence-corrected chi connectivity index (χ0v) is 12.3. The van der Waals surface area contributed by atoms with Crippen molar-refractivity contribution in [3.05, 3.63) is 29.8 Å². The number of nitrogens with one attached hydrogen (secondary N) is 1. The Morgan fingerprint density at radius 1 is 1.11 bits per heavy atom. The van der Waals surface area contributed by atoms with Gasteiger partial charge in [-0.2, -0.15) is 0 Å². The fourth-order valence-electron chi connectivity index (χ4n) is 1.90. The highest BCUT2D eigenvalue weighted by atomic mass is 16.5. The molecule has 0 aliphatic rings. The number of hydrogen-bond acceptors (Lipinski definition) is 3. The monoisotopic (exact) mass is 265 g/mol. The van der Waals surface area contributed by atoms with Crippen LogP contribution in [0.4, 0.5) is 0 Å². The lowest BCUT2D eigenvalue weighted by Gasteiger charge is -2.08. The largest absolute Gasteiger partial charge is 0.491 e. The van der Waals surface area contributed by atoms with E-state index in [0.717, 1.165) is 18.8 Å². The van der Waals surface area contributed by atoms with E-state index < -0.39 is 0 Å². The summed E-state index contributed by atoms with van der Waals surface area (Å²) in [6, 6.07) is 8.24. The van der Waals surface area contributed by atoms with Crippen LogP contribution in [-0.4, -0.2) is 26.9 Å². The molecule has 1 N–H and O–H groups in total. The van der Waals surface area contributed by atoms with Gasteiger partial charge in [0.15, 0.2) is 0 Å². The summed E-state index contributed by atoms with van der Waals surface area (Å²) >= 11 is 0. The van der Waals surface area contributed by atoms with Gasteiger partial charge in [-0.05, 0) is 30.7 Å². The summed E-state index contributed by atoms with van der Waals surface area (Å²) in [7, 11) is 1.68. The first kappa shape index (κ1) is 16.0. The Labute approximate surface area is 117 Å². The lowest BCUT2D eigenvalue weighted by atomic mass is 10.2. The Kier molecular flexibility index (Phi) is 9.11. The SMILES string of the molecule is CCCCCCNCc1cccc(OCCOC)c1. The van der Waals surface area contributed by atoms with Gasteiger partial charge in [0, 0.05) is 13.7 Å². The fourth-order valence-corrected chi connectivity index (χ4v) is 1.90.